The van der Waals surface area contributed by atoms with Crippen molar-refractivity contribution in [2.45, 2.75) is 40.5 Å². The summed E-state index contributed by atoms with van der Waals surface area (Å²) in [5.74, 6) is 0.423. The second-order valence-corrected chi connectivity index (χ2v) is 6.95. The van der Waals surface area contributed by atoms with Gasteiger partial charge in [-0.3, -0.25) is 4.79 Å². The Hall–Kier alpha value is -2.68. The first kappa shape index (κ1) is 17.2. The normalized spacial score (nSPS) is 16.1. The van der Waals surface area contributed by atoms with Crippen LogP contribution in [0.4, 0.5) is 5.69 Å². The van der Waals surface area contributed by atoms with Gasteiger partial charge in [-0.2, -0.15) is 10.1 Å². The molecule has 0 aromatic heterocycles. The molecule has 128 valence electrons. The van der Waals surface area contributed by atoms with Crippen molar-refractivity contribution in [2.24, 2.45) is 5.10 Å². The van der Waals surface area contributed by atoms with E-state index in [9.17, 15) is 4.79 Å². The van der Waals surface area contributed by atoms with Gasteiger partial charge in [0, 0.05) is 0 Å². The highest BCUT2D eigenvalue weighted by Crippen LogP contribution is 2.27. The molecule has 0 saturated heterocycles. The first-order chi connectivity index (χ1) is 11.9. The average molecular weight is 332 g/mol. The van der Waals surface area contributed by atoms with Gasteiger partial charge in [-0.1, -0.05) is 44.2 Å². The monoisotopic (exact) mass is 332 g/mol. The maximum Gasteiger partial charge on any atom is 0.280 e. The van der Waals surface area contributed by atoms with Crippen molar-refractivity contribution in [3.05, 3.63) is 70.3 Å². The molecule has 0 fully saturated rings. The standard InChI is InChI=1S/C22H24N2O/c1-14(2)19-9-7-18(8-10-19)13-21-17(5)23-24(22(21)25)20-11-6-15(3)16(4)12-20/h6-14H,1-5H3. The molecule has 1 aliphatic rings. The van der Waals surface area contributed by atoms with Gasteiger partial charge in [-0.25, -0.2) is 0 Å². The lowest BCUT2D eigenvalue weighted by atomic mass is 10.0. The van der Waals surface area contributed by atoms with E-state index in [1.54, 1.807) is 0 Å². The van der Waals surface area contributed by atoms with Gasteiger partial charge < -0.3 is 0 Å². The SMILES string of the molecule is CC1=NN(c2ccc(C)c(C)c2)C(=O)C1=Cc1ccc(C(C)C)cc1. The van der Waals surface area contributed by atoms with E-state index in [0.717, 1.165) is 22.5 Å². The molecule has 2 aromatic rings. The molecular weight excluding hydrogens is 308 g/mol. The van der Waals surface area contributed by atoms with Gasteiger partial charge in [0.1, 0.15) is 0 Å². The third-order valence-corrected chi connectivity index (χ3v) is 4.71. The zero-order valence-corrected chi connectivity index (χ0v) is 15.5. The van der Waals surface area contributed by atoms with Crippen LogP contribution in [0.25, 0.3) is 6.08 Å². The highest BCUT2D eigenvalue weighted by Gasteiger charge is 2.28. The molecule has 0 saturated carbocycles. The second kappa shape index (κ2) is 6.67. The van der Waals surface area contributed by atoms with E-state index in [1.165, 1.54) is 16.1 Å². The molecule has 0 aliphatic carbocycles. The fourth-order valence-electron chi connectivity index (χ4n) is 2.86. The lowest BCUT2D eigenvalue weighted by Crippen LogP contribution is -2.21. The van der Waals surface area contributed by atoms with E-state index < -0.39 is 0 Å². The Labute approximate surface area is 149 Å². The van der Waals surface area contributed by atoms with Crippen molar-refractivity contribution < 1.29 is 4.79 Å². The zero-order chi connectivity index (χ0) is 18.1. The van der Waals surface area contributed by atoms with Gasteiger partial charge in [0.05, 0.1) is 17.0 Å². The molecule has 1 aliphatic heterocycles. The number of hydrogen-bond acceptors (Lipinski definition) is 2. The number of aryl methyl sites for hydroxylation is 2. The summed E-state index contributed by atoms with van der Waals surface area (Å²) in [6.07, 6.45) is 1.92. The first-order valence-electron chi connectivity index (χ1n) is 8.66. The molecule has 2 aromatic carbocycles. The summed E-state index contributed by atoms with van der Waals surface area (Å²) in [5.41, 5.74) is 6.88. The maximum atomic E-state index is 12.8. The highest BCUT2D eigenvalue weighted by atomic mass is 16.2. The molecule has 0 unspecified atom stereocenters. The second-order valence-electron chi connectivity index (χ2n) is 6.95. The van der Waals surface area contributed by atoms with Crippen LogP contribution in [-0.4, -0.2) is 11.6 Å². The average Bonchev–Trinajstić information content (AvgIpc) is 2.86. The summed E-state index contributed by atoms with van der Waals surface area (Å²) in [7, 11) is 0. The third-order valence-electron chi connectivity index (χ3n) is 4.71. The number of carbonyl (C=O) groups excluding carboxylic acids is 1. The molecule has 0 atom stereocenters. The predicted octanol–water partition coefficient (Wildman–Crippen LogP) is 5.23. The topological polar surface area (TPSA) is 32.7 Å². The predicted molar refractivity (Wildman–Crippen MR) is 105 cm³/mol. The number of benzene rings is 2. The van der Waals surface area contributed by atoms with Crippen molar-refractivity contribution >= 4 is 23.4 Å². The Morgan fingerprint density at radius 2 is 1.64 bits per heavy atom. The molecular formula is C22H24N2O. The Balaban J connectivity index is 1.90. The Bertz CT molecular complexity index is 873. The van der Waals surface area contributed by atoms with E-state index in [0.29, 0.717) is 11.5 Å². The minimum Gasteiger partial charge on any atom is -0.267 e. The van der Waals surface area contributed by atoms with Crippen molar-refractivity contribution in [1.82, 2.24) is 0 Å². The van der Waals surface area contributed by atoms with Crippen LogP contribution in [0.2, 0.25) is 0 Å². The van der Waals surface area contributed by atoms with E-state index in [2.05, 4.69) is 50.1 Å². The van der Waals surface area contributed by atoms with Crippen molar-refractivity contribution in [2.75, 3.05) is 5.01 Å². The van der Waals surface area contributed by atoms with Crippen LogP contribution in [0.5, 0.6) is 0 Å². The Kier molecular flexibility index (Phi) is 4.58. The summed E-state index contributed by atoms with van der Waals surface area (Å²) < 4.78 is 0. The summed E-state index contributed by atoms with van der Waals surface area (Å²) in [5, 5.41) is 5.96. The van der Waals surface area contributed by atoms with Crippen LogP contribution in [-0.2, 0) is 4.79 Å². The van der Waals surface area contributed by atoms with Crippen LogP contribution in [0.3, 0.4) is 0 Å². The van der Waals surface area contributed by atoms with Crippen LogP contribution >= 0.6 is 0 Å². The number of anilines is 1. The van der Waals surface area contributed by atoms with Crippen LogP contribution in [0.15, 0.2) is 53.1 Å². The van der Waals surface area contributed by atoms with Gasteiger partial charge >= 0.3 is 0 Å². The summed E-state index contributed by atoms with van der Waals surface area (Å²) in [4.78, 5) is 12.8. The van der Waals surface area contributed by atoms with Crippen LogP contribution in [0.1, 0.15) is 48.9 Å². The van der Waals surface area contributed by atoms with Gasteiger partial charge in [0.25, 0.3) is 5.91 Å². The number of nitrogens with zero attached hydrogens (tertiary/aromatic N) is 2. The quantitative estimate of drug-likeness (QED) is 0.708. The Morgan fingerprint density at radius 3 is 2.24 bits per heavy atom. The van der Waals surface area contributed by atoms with E-state index in [-0.39, 0.29) is 5.91 Å². The minimum atomic E-state index is -0.0753. The number of carbonyl (C=O) groups is 1. The van der Waals surface area contributed by atoms with Gasteiger partial charge in [-0.15, -0.1) is 0 Å². The van der Waals surface area contributed by atoms with Gasteiger partial charge in [-0.05, 0) is 67.2 Å². The lowest BCUT2D eigenvalue weighted by molar-refractivity contribution is -0.114. The van der Waals surface area contributed by atoms with Gasteiger partial charge in [0.15, 0.2) is 0 Å². The molecule has 3 nitrogen and oxygen atoms in total. The number of amides is 1. The Morgan fingerprint density at radius 1 is 0.960 bits per heavy atom. The summed E-state index contributed by atoms with van der Waals surface area (Å²) >= 11 is 0. The van der Waals surface area contributed by atoms with Crippen LogP contribution < -0.4 is 5.01 Å². The molecule has 1 amide bonds. The van der Waals surface area contributed by atoms with Crippen LogP contribution in [0, 0.1) is 13.8 Å². The number of hydrazone groups is 1. The molecule has 25 heavy (non-hydrogen) atoms. The lowest BCUT2D eigenvalue weighted by Gasteiger charge is -2.13. The molecule has 0 N–H and O–H groups in total. The molecule has 3 rings (SSSR count). The zero-order valence-electron chi connectivity index (χ0n) is 15.5. The van der Waals surface area contributed by atoms with Crippen molar-refractivity contribution in [1.29, 1.82) is 0 Å². The largest absolute Gasteiger partial charge is 0.280 e. The fraction of sp³-hybridized carbons (Fsp3) is 0.273. The molecule has 1 heterocycles. The molecule has 0 bridgehead atoms. The van der Waals surface area contributed by atoms with E-state index >= 15 is 0 Å². The smallest absolute Gasteiger partial charge is 0.267 e. The first-order valence-corrected chi connectivity index (χ1v) is 8.66. The molecule has 0 spiro atoms. The minimum absolute atomic E-state index is 0.0753. The summed E-state index contributed by atoms with van der Waals surface area (Å²) in [6.45, 7) is 10.3. The third kappa shape index (κ3) is 3.41. The fourth-order valence-corrected chi connectivity index (χ4v) is 2.86. The molecule has 3 heteroatoms. The summed E-state index contributed by atoms with van der Waals surface area (Å²) in [6, 6.07) is 14.3. The maximum absolute atomic E-state index is 12.8. The number of rotatable bonds is 3. The van der Waals surface area contributed by atoms with E-state index in [1.807, 2.05) is 38.1 Å². The number of hydrogen-bond donors (Lipinski definition) is 0. The highest BCUT2D eigenvalue weighted by molar-refractivity contribution is 6.32. The van der Waals surface area contributed by atoms with Crippen molar-refractivity contribution in [3.8, 4) is 0 Å². The van der Waals surface area contributed by atoms with Crippen molar-refractivity contribution in [3.63, 3.8) is 0 Å². The van der Waals surface area contributed by atoms with E-state index in [4.69, 9.17) is 0 Å². The molecule has 0 radical (unpaired) electrons. The van der Waals surface area contributed by atoms with Gasteiger partial charge in [0.2, 0.25) is 0 Å².